The molecular weight excluding hydrogens is 221 g/mol. The van der Waals surface area contributed by atoms with E-state index in [0.29, 0.717) is 5.56 Å². The van der Waals surface area contributed by atoms with Gasteiger partial charge in [0.1, 0.15) is 6.61 Å². The zero-order chi connectivity index (χ0) is 12.2. The molecule has 0 aliphatic carbocycles. The average Bonchev–Trinajstić information content (AvgIpc) is 2.15. The standard InChI is InChI=1S/C10H13F3N2O/c1-7-2-8(4-15-3-7)9(14)5-16-6-10(11,12)13/h2-4,9H,5-6,14H2,1H3. The first-order valence-corrected chi connectivity index (χ1v) is 4.70. The van der Waals surface area contributed by atoms with Gasteiger partial charge in [0.25, 0.3) is 0 Å². The molecule has 6 heteroatoms. The molecule has 3 nitrogen and oxygen atoms in total. The lowest BCUT2D eigenvalue weighted by Gasteiger charge is -2.13. The molecule has 1 aromatic heterocycles. The Labute approximate surface area is 91.4 Å². The zero-order valence-corrected chi connectivity index (χ0v) is 8.79. The van der Waals surface area contributed by atoms with Crippen molar-refractivity contribution in [2.45, 2.75) is 19.1 Å². The van der Waals surface area contributed by atoms with Gasteiger partial charge in [0.05, 0.1) is 12.6 Å². The van der Waals surface area contributed by atoms with Crippen molar-refractivity contribution in [1.29, 1.82) is 0 Å². The molecule has 0 saturated carbocycles. The monoisotopic (exact) mass is 234 g/mol. The minimum atomic E-state index is -4.31. The number of aryl methyl sites for hydroxylation is 1. The zero-order valence-electron chi connectivity index (χ0n) is 8.79. The number of halogens is 3. The normalized spacial score (nSPS) is 13.8. The van der Waals surface area contributed by atoms with Crippen molar-refractivity contribution >= 4 is 0 Å². The summed E-state index contributed by atoms with van der Waals surface area (Å²) in [4.78, 5) is 3.90. The number of hydrogen-bond donors (Lipinski definition) is 1. The molecule has 1 rings (SSSR count). The van der Waals surface area contributed by atoms with Crippen LogP contribution in [-0.4, -0.2) is 24.4 Å². The Bertz CT molecular complexity index is 341. The van der Waals surface area contributed by atoms with Crippen LogP contribution in [0.25, 0.3) is 0 Å². The molecule has 0 amide bonds. The van der Waals surface area contributed by atoms with Crippen molar-refractivity contribution in [1.82, 2.24) is 4.98 Å². The lowest BCUT2D eigenvalue weighted by atomic mass is 10.1. The number of alkyl halides is 3. The van der Waals surface area contributed by atoms with Crippen LogP contribution in [0.3, 0.4) is 0 Å². The summed E-state index contributed by atoms with van der Waals surface area (Å²) in [6.45, 7) is 0.379. The van der Waals surface area contributed by atoms with E-state index >= 15 is 0 Å². The number of ether oxygens (including phenoxy) is 1. The summed E-state index contributed by atoms with van der Waals surface area (Å²) in [6.07, 6.45) is -1.15. The van der Waals surface area contributed by atoms with Crippen LogP contribution in [0.2, 0.25) is 0 Å². The third kappa shape index (κ3) is 4.59. The molecule has 0 radical (unpaired) electrons. The smallest absolute Gasteiger partial charge is 0.370 e. The highest BCUT2D eigenvalue weighted by Crippen LogP contribution is 2.16. The van der Waals surface area contributed by atoms with Crippen molar-refractivity contribution in [3.8, 4) is 0 Å². The summed E-state index contributed by atoms with van der Waals surface area (Å²) in [5.41, 5.74) is 7.24. The van der Waals surface area contributed by atoms with Gasteiger partial charge >= 0.3 is 6.18 Å². The van der Waals surface area contributed by atoms with Crippen LogP contribution in [0.15, 0.2) is 18.5 Å². The van der Waals surface area contributed by atoms with E-state index in [1.807, 2.05) is 6.92 Å². The van der Waals surface area contributed by atoms with Crippen LogP contribution in [0.5, 0.6) is 0 Å². The van der Waals surface area contributed by atoms with Gasteiger partial charge in [0.2, 0.25) is 0 Å². The Hall–Kier alpha value is -1.14. The summed E-state index contributed by atoms with van der Waals surface area (Å²) in [5, 5.41) is 0. The lowest BCUT2D eigenvalue weighted by molar-refractivity contribution is -0.174. The molecule has 0 aromatic carbocycles. The highest BCUT2D eigenvalue weighted by molar-refractivity contribution is 5.19. The van der Waals surface area contributed by atoms with E-state index in [9.17, 15) is 13.2 Å². The van der Waals surface area contributed by atoms with Crippen molar-refractivity contribution in [2.24, 2.45) is 5.73 Å². The summed E-state index contributed by atoms with van der Waals surface area (Å²) in [5.74, 6) is 0. The average molecular weight is 234 g/mol. The molecule has 0 aliphatic rings. The van der Waals surface area contributed by atoms with Gasteiger partial charge in [-0.3, -0.25) is 4.98 Å². The lowest BCUT2D eigenvalue weighted by Crippen LogP contribution is -2.23. The summed E-state index contributed by atoms with van der Waals surface area (Å²) >= 11 is 0. The molecule has 1 unspecified atom stereocenters. The molecule has 90 valence electrons. The van der Waals surface area contributed by atoms with Gasteiger partial charge in [-0.15, -0.1) is 0 Å². The van der Waals surface area contributed by atoms with Crippen LogP contribution in [0, 0.1) is 6.92 Å². The van der Waals surface area contributed by atoms with Gasteiger partial charge in [-0.2, -0.15) is 13.2 Å². The van der Waals surface area contributed by atoms with Crippen LogP contribution in [-0.2, 0) is 4.74 Å². The van der Waals surface area contributed by atoms with Crippen LogP contribution >= 0.6 is 0 Å². The predicted octanol–water partition coefficient (Wildman–Crippen LogP) is 1.97. The minimum absolute atomic E-state index is 0.176. The third-order valence-electron chi connectivity index (χ3n) is 1.89. The number of hydrogen-bond acceptors (Lipinski definition) is 3. The second-order valence-electron chi connectivity index (χ2n) is 3.53. The Balaban J connectivity index is 2.44. The Morgan fingerprint density at radius 2 is 2.12 bits per heavy atom. The van der Waals surface area contributed by atoms with E-state index in [1.54, 1.807) is 12.3 Å². The molecule has 1 atom stereocenters. The predicted molar refractivity (Wildman–Crippen MR) is 52.8 cm³/mol. The van der Waals surface area contributed by atoms with E-state index < -0.39 is 18.8 Å². The van der Waals surface area contributed by atoms with Gasteiger partial charge in [-0.05, 0) is 18.1 Å². The van der Waals surface area contributed by atoms with Crippen LogP contribution in [0.1, 0.15) is 17.2 Å². The van der Waals surface area contributed by atoms with Gasteiger partial charge in [0, 0.05) is 12.4 Å². The van der Waals surface area contributed by atoms with Crippen molar-refractivity contribution in [2.75, 3.05) is 13.2 Å². The minimum Gasteiger partial charge on any atom is -0.370 e. The molecular formula is C10H13F3N2O. The fourth-order valence-corrected chi connectivity index (χ4v) is 1.18. The molecule has 16 heavy (non-hydrogen) atoms. The van der Waals surface area contributed by atoms with Crippen LogP contribution in [0.4, 0.5) is 13.2 Å². The van der Waals surface area contributed by atoms with Gasteiger partial charge in [0.15, 0.2) is 0 Å². The topological polar surface area (TPSA) is 48.1 Å². The second kappa shape index (κ2) is 5.27. The Morgan fingerprint density at radius 3 is 2.69 bits per heavy atom. The molecule has 0 aliphatic heterocycles. The first-order chi connectivity index (χ1) is 7.38. The molecule has 0 fully saturated rings. The Kier molecular flexibility index (Phi) is 4.26. The summed E-state index contributed by atoms with van der Waals surface area (Å²) in [6, 6.07) is 1.18. The number of nitrogens with zero attached hydrogens (tertiary/aromatic N) is 1. The van der Waals surface area contributed by atoms with E-state index in [-0.39, 0.29) is 6.61 Å². The van der Waals surface area contributed by atoms with E-state index in [1.165, 1.54) is 6.20 Å². The van der Waals surface area contributed by atoms with Gasteiger partial charge in [-0.25, -0.2) is 0 Å². The first-order valence-electron chi connectivity index (χ1n) is 4.70. The highest BCUT2D eigenvalue weighted by atomic mass is 19.4. The number of rotatable bonds is 4. The quantitative estimate of drug-likeness (QED) is 0.866. The summed E-state index contributed by atoms with van der Waals surface area (Å²) in [7, 11) is 0. The largest absolute Gasteiger partial charge is 0.411 e. The molecule has 1 aromatic rings. The van der Waals surface area contributed by atoms with E-state index in [0.717, 1.165) is 5.56 Å². The van der Waals surface area contributed by atoms with Crippen LogP contribution < -0.4 is 5.73 Å². The number of nitrogens with two attached hydrogens (primary N) is 1. The van der Waals surface area contributed by atoms with Gasteiger partial charge in [-0.1, -0.05) is 6.07 Å². The van der Waals surface area contributed by atoms with Gasteiger partial charge < -0.3 is 10.5 Å². The second-order valence-corrected chi connectivity index (χ2v) is 3.53. The summed E-state index contributed by atoms with van der Waals surface area (Å²) < 4.78 is 39.9. The SMILES string of the molecule is Cc1cncc(C(N)COCC(F)(F)F)c1. The fraction of sp³-hybridized carbons (Fsp3) is 0.500. The molecule has 0 saturated heterocycles. The van der Waals surface area contributed by atoms with E-state index in [4.69, 9.17) is 5.73 Å². The maximum atomic E-state index is 11.8. The Morgan fingerprint density at radius 1 is 1.44 bits per heavy atom. The van der Waals surface area contributed by atoms with Crippen molar-refractivity contribution < 1.29 is 17.9 Å². The van der Waals surface area contributed by atoms with Crippen molar-refractivity contribution in [3.05, 3.63) is 29.6 Å². The first kappa shape index (κ1) is 12.9. The van der Waals surface area contributed by atoms with Crippen molar-refractivity contribution in [3.63, 3.8) is 0 Å². The highest BCUT2D eigenvalue weighted by Gasteiger charge is 2.27. The molecule has 2 N–H and O–H groups in total. The molecule has 1 heterocycles. The molecule has 0 spiro atoms. The third-order valence-corrected chi connectivity index (χ3v) is 1.89. The maximum absolute atomic E-state index is 11.8. The molecule has 0 bridgehead atoms. The maximum Gasteiger partial charge on any atom is 0.411 e. The number of pyridine rings is 1. The fourth-order valence-electron chi connectivity index (χ4n) is 1.18. The van der Waals surface area contributed by atoms with E-state index in [2.05, 4.69) is 9.72 Å². The number of aromatic nitrogens is 1.